The number of thiazole rings is 2. The molecule has 0 N–H and O–H groups in total. The van der Waals surface area contributed by atoms with E-state index in [0.29, 0.717) is 5.92 Å². The highest BCUT2D eigenvalue weighted by Gasteiger charge is 2.25. The Morgan fingerprint density at radius 2 is 1.77 bits per heavy atom. The van der Waals surface area contributed by atoms with Crippen LogP contribution in [-0.2, 0) is 6.42 Å². The molecule has 3 nitrogen and oxygen atoms in total. The van der Waals surface area contributed by atoms with Gasteiger partial charge in [0.2, 0.25) is 0 Å². The summed E-state index contributed by atoms with van der Waals surface area (Å²) < 4.78 is 2.62. The van der Waals surface area contributed by atoms with Crippen molar-refractivity contribution in [3.63, 3.8) is 0 Å². The highest BCUT2D eigenvalue weighted by Crippen LogP contribution is 2.37. The molecule has 2 aromatic heterocycles. The molecule has 26 heavy (non-hydrogen) atoms. The number of rotatable bonds is 3. The van der Waals surface area contributed by atoms with Gasteiger partial charge in [-0.2, -0.15) is 0 Å². The summed E-state index contributed by atoms with van der Waals surface area (Å²) in [5.74, 6) is 0.588. The SMILES string of the molecule is CCc1ccc2nc(N3CCC(c4nc5ccccc5s4)CC3)sc2c1. The molecule has 0 unspecified atom stereocenters. The fourth-order valence-corrected chi connectivity index (χ4v) is 5.91. The standard InChI is InChI=1S/C21H21N3S2/c1-2-14-7-8-17-19(13-14)26-21(23-17)24-11-9-15(10-12-24)20-22-16-5-3-4-6-18(16)25-20/h3-8,13,15H,2,9-12H2,1H3. The summed E-state index contributed by atoms with van der Waals surface area (Å²) in [7, 11) is 0. The maximum absolute atomic E-state index is 4.88. The molecule has 0 spiro atoms. The first-order chi connectivity index (χ1) is 12.8. The molecule has 5 rings (SSSR count). The molecular formula is C21H21N3S2. The molecular weight excluding hydrogens is 358 g/mol. The number of benzene rings is 2. The minimum atomic E-state index is 0.588. The van der Waals surface area contributed by atoms with E-state index in [4.69, 9.17) is 9.97 Å². The monoisotopic (exact) mass is 379 g/mol. The molecule has 1 fully saturated rings. The van der Waals surface area contributed by atoms with Crippen LogP contribution in [0.1, 0.15) is 36.3 Å². The third-order valence-electron chi connectivity index (χ3n) is 5.27. The van der Waals surface area contributed by atoms with Gasteiger partial charge in [-0.25, -0.2) is 9.97 Å². The zero-order valence-corrected chi connectivity index (χ0v) is 16.4. The molecule has 0 amide bonds. The van der Waals surface area contributed by atoms with Gasteiger partial charge in [-0.1, -0.05) is 36.5 Å². The lowest BCUT2D eigenvalue weighted by Crippen LogP contribution is -2.32. The molecule has 2 aromatic carbocycles. The second-order valence-corrected chi connectivity index (χ2v) is 9.00. The van der Waals surface area contributed by atoms with Crippen LogP contribution in [0.5, 0.6) is 0 Å². The third-order valence-corrected chi connectivity index (χ3v) is 7.55. The maximum Gasteiger partial charge on any atom is 0.186 e. The van der Waals surface area contributed by atoms with Crippen LogP contribution in [0, 0.1) is 0 Å². The van der Waals surface area contributed by atoms with Crippen molar-refractivity contribution in [2.24, 2.45) is 0 Å². The van der Waals surface area contributed by atoms with Crippen LogP contribution < -0.4 is 4.90 Å². The molecule has 0 atom stereocenters. The Hall–Kier alpha value is -1.98. The van der Waals surface area contributed by atoms with Crippen molar-refractivity contribution in [2.45, 2.75) is 32.1 Å². The number of aryl methyl sites for hydroxylation is 1. The Morgan fingerprint density at radius 1 is 0.962 bits per heavy atom. The van der Waals surface area contributed by atoms with Gasteiger partial charge in [-0.15, -0.1) is 11.3 Å². The van der Waals surface area contributed by atoms with Gasteiger partial charge in [0.05, 0.1) is 25.4 Å². The van der Waals surface area contributed by atoms with Crippen LogP contribution >= 0.6 is 22.7 Å². The average molecular weight is 380 g/mol. The number of para-hydroxylation sites is 1. The van der Waals surface area contributed by atoms with E-state index in [1.807, 2.05) is 22.7 Å². The van der Waals surface area contributed by atoms with Crippen LogP contribution in [0.2, 0.25) is 0 Å². The molecule has 0 bridgehead atoms. The van der Waals surface area contributed by atoms with Gasteiger partial charge >= 0.3 is 0 Å². The lowest BCUT2D eigenvalue weighted by molar-refractivity contribution is 0.504. The van der Waals surface area contributed by atoms with E-state index in [2.05, 4.69) is 54.3 Å². The summed E-state index contributed by atoms with van der Waals surface area (Å²) in [6.45, 7) is 4.35. The Balaban J connectivity index is 1.33. The van der Waals surface area contributed by atoms with E-state index in [-0.39, 0.29) is 0 Å². The Kier molecular flexibility index (Phi) is 4.14. The van der Waals surface area contributed by atoms with Gasteiger partial charge in [0.15, 0.2) is 5.13 Å². The second kappa shape index (κ2) is 6.63. The number of anilines is 1. The first-order valence-corrected chi connectivity index (χ1v) is 10.9. The summed E-state index contributed by atoms with van der Waals surface area (Å²) in [6, 6.07) is 15.1. The lowest BCUT2D eigenvalue weighted by Gasteiger charge is -2.30. The minimum Gasteiger partial charge on any atom is -0.348 e. The largest absolute Gasteiger partial charge is 0.348 e. The summed E-state index contributed by atoms with van der Waals surface area (Å²) in [5, 5.41) is 2.48. The van der Waals surface area contributed by atoms with Crippen LogP contribution in [-0.4, -0.2) is 23.1 Å². The predicted molar refractivity (Wildman–Crippen MR) is 113 cm³/mol. The summed E-state index contributed by atoms with van der Waals surface area (Å²) in [6.07, 6.45) is 3.41. The average Bonchev–Trinajstić information content (AvgIpc) is 3.31. The minimum absolute atomic E-state index is 0.588. The molecule has 4 aromatic rings. The number of nitrogens with zero attached hydrogens (tertiary/aromatic N) is 3. The number of hydrogen-bond acceptors (Lipinski definition) is 5. The van der Waals surface area contributed by atoms with Gasteiger partial charge in [-0.05, 0) is 49.1 Å². The van der Waals surface area contributed by atoms with E-state index in [0.717, 1.165) is 43.4 Å². The summed E-state index contributed by atoms with van der Waals surface area (Å²) in [5.41, 5.74) is 3.67. The molecule has 1 saturated heterocycles. The molecule has 3 heterocycles. The Morgan fingerprint density at radius 3 is 2.58 bits per heavy atom. The topological polar surface area (TPSA) is 29.0 Å². The number of hydrogen-bond donors (Lipinski definition) is 0. The van der Waals surface area contributed by atoms with Crippen LogP contribution in [0.15, 0.2) is 42.5 Å². The molecule has 0 saturated carbocycles. The first kappa shape index (κ1) is 16.2. The second-order valence-electron chi connectivity index (χ2n) is 6.93. The van der Waals surface area contributed by atoms with Gasteiger partial charge in [0, 0.05) is 19.0 Å². The smallest absolute Gasteiger partial charge is 0.186 e. The highest BCUT2D eigenvalue weighted by atomic mass is 32.1. The van der Waals surface area contributed by atoms with E-state index in [9.17, 15) is 0 Å². The van der Waals surface area contributed by atoms with Crippen molar-refractivity contribution in [2.75, 3.05) is 18.0 Å². The Bertz CT molecular complexity index is 1020. The van der Waals surface area contributed by atoms with E-state index < -0.39 is 0 Å². The maximum atomic E-state index is 4.88. The van der Waals surface area contributed by atoms with Crippen molar-refractivity contribution in [1.29, 1.82) is 0 Å². The van der Waals surface area contributed by atoms with E-state index in [1.54, 1.807) is 0 Å². The van der Waals surface area contributed by atoms with Crippen LogP contribution in [0.25, 0.3) is 20.4 Å². The predicted octanol–water partition coefficient (Wildman–Crippen LogP) is 5.85. The normalized spacial score (nSPS) is 16.0. The molecule has 0 aliphatic carbocycles. The first-order valence-electron chi connectivity index (χ1n) is 9.30. The number of piperidine rings is 1. The summed E-state index contributed by atoms with van der Waals surface area (Å²) >= 11 is 3.70. The van der Waals surface area contributed by atoms with Gasteiger partial charge in [0.25, 0.3) is 0 Å². The van der Waals surface area contributed by atoms with Crippen LogP contribution in [0.3, 0.4) is 0 Å². The van der Waals surface area contributed by atoms with Crippen LogP contribution in [0.4, 0.5) is 5.13 Å². The third kappa shape index (κ3) is 2.89. The fourth-order valence-electron chi connectivity index (χ4n) is 3.69. The highest BCUT2D eigenvalue weighted by molar-refractivity contribution is 7.22. The molecule has 5 heteroatoms. The van der Waals surface area contributed by atoms with Crippen molar-refractivity contribution in [3.8, 4) is 0 Å². The van der Waals surface area contributed by atoms with E-state index >= 15 is 0 Å². The van der Waals surface area contributed by atoms with Crippen molar-refractivity contribution < 1.29 is 0 Å². The van der Waals surface area contributed by atoms with Crippen molar-refractivity contribution >= 4 is 48.2 Å². The van der Waals surface area contributed by atoms with Gasteiger partial charge < -0.3 is 4.90 Å². The van der Waals surface area contributed by atoms with Crippen molar-refractivity contribution in [3.05, 3.63) is 53.0 Å². The van der Waals surface area contributed by atoms with Crippen molar-refractivity contribution in [1.82, 2.24) is 9.97 Å². The Labute approximate surface area is 161 Å². The molecule has 132 valence electrons. The van der Waals surface area contributed by atoms with Gasteiger partial charge in [0.1, 0.15) is 0 Å². The quantitative estimate of drug-likeness (QED) is 0.447. The number of fused-ring (bicyclic) bond motifs is 2. The van der Waals surface area contributed by atoms with Gasteiger partial charge in [-0.3, -0.25) is 0 Å². The molecule has 1 aliphatic rings. The fraction of sp³-hybridized carbons (Fsp3) is 0.333. The molecule has 1 aliphatic heterocycles. The number of aromatic nitrogens is 2. The zero-order chi connectivity index (χ0) is 17.5. The van der Waals surface area contributed by atoms with E-state index in [1.165, 1.54) is 25.1 Å². The lowest BCUT2D eigenvalue weighted by atomic mass is 9.98. The summed E-state index contributed by atoms with van der Waals surface area (Å²) in [4.78, 5) is 12.2. The zero-order valence-electron chi connectivity index (χ0n) is 14.8. The molecule has 0 radical (unpaired) electrons.